The molecule has 14 heavy (non-hydrogen) atoms. The Hall–Kier alpha value is -0.920. The first kappa shape index (κ1) is 11.2. The van der Waals surface area contributed by atoms with Gasteiger partial charge in [-0.05, 0) is 6.42 Å². The molecule has 0 spiro atoms. The van der Waals surface area contributed by atoms with E-state index >= 15 is 0 Å². The summed E-state index contributed by atoms with van der Waals surface area (Å²) in [5.41, 5.74) is 0. The minimum Gasteiger partial charge on any atom is -0.376 e. The minimum atomic E-state index is -0.535. The number of carbonyl (C=O) groups is 1. The van der Waals surface area contributed by atoms with E-state index in [1.807, 2.05) is 13.0 Å². The first-order valence-corrected chi connectivity index (χ1v) is 4.92. The molecule has 0 aromatic heterocycles. The highest BCUT2D eigenvalue weighted by Gasteiger charge is 2.28. The fourth-order valence-corrected chi connectivity index (χ4v) is 1.44. The first-order valence-electron chi connectivity index (χ1n) is 4.92. The monoisotopic (exact) mass is 197 g/mol. The summed E-state index contributed by atoms with van der Waals surface area (Å²) in [5, 5.41) is 8.79. The van der Waals surface area contributed by atoms with Crippen LogP contribution in [0.3, 0.4) is 0 Å². The SMILES string of the molecule is CCCC(C#N)C(=O)C1COCCO1. The molecule has 1 aliphatic rings. The maximum absolute atomic E-state index is 11.7. The van der Waals surface area contributed by atoms with Crippen molar-refractivity contribution in [3.63, 3.8) is 0 Å². The largest absolute Gasteiger partial charge is 0.376 e. The lowest BCUT2D eigenvalue weighted by Gasteiger charge is -2.23. The number of hydrogen-bond donors (Lipinski definition) is 0. The van der Waals surface area contributed by atoms with E-state index in [4.69, 9.17) is 14.7 Å². The molecule has 0 radical (unpaired) electrons. The van der Waals surface area contributed by atoms with Crippen molar-refractivity contribution in [2.45, 2.75) is 25.9 Å². The number of nitriles is 1. The number of rotatable bonds is 4. The highest BCUT2D eigenvalue weighted by atomic mass is 16.6. The third-order valence-corrected chi connectivity index (χ3v) is 2.21. The molecular weight excluding hydrogens is 182 g/mol. The fraction of sp³-hybridized carbons (Fsp3) is 0.800. The molecule has 0 bridgehead atoms. The molecule has 1 heterocycles. The molecule has 78 valence electrons. The van der Waals surface area contributed by atoms with Crippen LogP contribution in [-0.4, -0.2) is 31.7 Å². The van der Waals surface area contributed by atoms with Gasteiger partial charge in [-0.3, -0.25) is 4.79 Å². The Morgan fingerprint density at radius 3 is 2.93 bits per heavy atom. The number of nitrogens with zero attached hydrogens (tertiary/aromatic N) is 1. The predicted molar refractivity (Wildman–Crippen MR) is 49.6 cm³/mol. The third-order valence-electron chi connectivity index (χ3n) is 2.21. The number of carbonyl (C=O) groups excluding carboxylic acids is 1. The van der Waals surface area contributed by atoms with Crippen LogP contribution in [0, 0.1) is 17.2 Å². The lowest BCUT2D eigenvalue weighted by molar-refractivity contribution is -0.147. The summed E-state index contributed by atoms with van der Waals surface area (Å²) in [6, 6.07) is 2.01. The molecule has 0 saturated carbocycles. The molecule has 4 nitrogen and oxygen atoms in total. The van der Waals surface area contributed by atoms with Crippen molar-refractivity contribution >= 4 is 5.78 Å². The van der Waals surface area contributed by atoms with Crippen LogP contribution < -0.4 is 0 Å². The first-order chi connectivity index (χ1) is 6.79. The normalized spacial score (nSPS) is 23.9. The summed E-state index contributed by atoms with van der Waals surface area (Å²) < 4.78 is 10.4. The van der Waals surface area contributed by atoms with Gasteiger partial charge in [0.1, 0.15) is 12.0 Å². The lowest BCUT2D eigenvalue weighted by atomic mass is 9.96. The van der Waals surface area contributed by atoms with Gasteiger partial charge in [-0.15, -0.1) is 0 Å². The maximum Gasteiger partial charge on any atom is 0.180 e. The van der Waals surface area contributed by atoms with Crippen LogP contribution in [0.1, 0.15) is 19.8 Å². The Morgan fingerprint density at radius 1 is 1.64 bits per heavy atom. The topological polar surface area (TPSA) is 59.3 Å². The highest BCUT2D eigenvalue weighted by molar-refractivity contribution is 5.87. The second-order valence-electron chi connectivity index (χ2n) is 3.31. The van der Waals surface area contributed by atoms with Gasteiger partial charge in [0.2, 0.25) is 0 Å². The van der Waals surface area contributed by atoms with Crippen LogP contribution in [-0.2, 0) is 14.3 Å². The van der Waals surface area contributed by atoms with E-state index in [0.717, 1.165) is 6.42 Å². The van der Waals surface area contributed by atoms with E-state index in [1.165, 1.54) is 0 Å². The standard InChI is InChI=1S/C10H15NO3/c1-2-3-8(6-11)10(12)9-7-13-4-5-14-9/h8-9H,2-5,7H2,1H3. The van der Waals surface area contributed by atoms with E-state index in [9.17, 15) is 4.79 Å². The van der Waals surface area contributed by atoms with Gasteiger partial charge in [-0.25, -0.2) is 0 Å². The van der Waals surface area contributed by atoms with Crippen molar-refractivity contribution in [2.24, 2.45) is 5.92 Å². The fourth-order valence-electron chi connectivity index (χ4n) is 1.44. The molecule has 4 heteroatoms. The molecule has 2 atom stereocenters. The molecule has 0 aliphatic carbocycles. The number of ether oxygens (including phenoxy) is 2. The van der Waals surface area contributed by atoms with E-state index in [0.29, 0.717) is 26.2 Å². The second kappa shape index (κ2) is 5.74. The maximum atomic E-state index is 11.7. The molecular formula is C10H15NO3. The van der Waals surface area contributed by atoms with Gasteiger partial charge in [0.25, 0.3) is 0 Å². The number of ketones is 1. The minimum absolute atomic E-state index is 0.131. The zero-order valence-corrected chi connectivity index (χ0v) is 8.36. The summed E-state index contributed by atoms with van der Waals surface area (Å²) in [7, 11) is 0. The highest BCUT2D eigenvalue weighted by Crippen LogP contribution is 2.13. The molecule has 0 aromatic carbocycles. The molecule has 0 aromatic rings. The average Bonchev–Trinajstić information content (AvgIpc) is 2.26. The van der Waals surface area contributed by atoms with Crippen LogP contribution in [0.25, 0.3) is 0 Å². The Morgan fingerprint density at radius 2 is 2.43 bits per heavy atom. The van der Waals surface area contributed by atoms with E-state index in [1.54, 1.807) is 0 Å². The van der Waals surface area contributed by atoms with Gasteiger partial charge in [0, 0.05) is 0 Å². The molecule has 1 saturated heterocycles. The van der Waals surface area contributed by atoms with Crippen LogP contribution in [0.5, 0.6) is 0 Å². The molecule has 2 unspecified atom stereocenters. The van der Waals surface area contributed by atoms with Crippen molar-refractivity contribution in [3.8, 4) is 6.07 Å². The zero-order valence-electron chi connectivity index (χ0n) is 8.36. The van der Waals surface area contributed by atoms with E-state index in [-0.39, 0.29) is 5.78 Å². The summed E-state index contributed by atoms with van der Waals surface area (Å²) in [6.45, 7) is 3.23. The predicted octanol–water partition coefficient (Wildman–Crippen LogP) is 0.911. The summed E-state index contributed by atoms with van der Waals surface area (Å²) in [6.07, 6.45) is 0.909. The Balaban J connectivity index is 2.48. The van der Waals surface area contributed by atoms with Crippen molar-refractivity contribution < 1.29 is 14.3 Å². The van der Waals surface area contributed by atoms with Crippen molar-refractivity contribution in [1.82, 2.24) is 0 Å². The number of hydrogen-bond acceptors (Lipinski definition) is 4. The van der Waals surface area contributed by atoms with Crippen LogP contribution >= 0.6 is 0 Å². The van der Waals surface area contributed by atoms with Crippen LogP contribution in [0.4, 0.5) is 0 Å². The Bertz CT molecular complexity index is 228. The van der Waals surface area contributed by atoms with Crippen molar-refractivity contribution in [2.75, 3.05) is 19.8 Å². The van der Waals surface area contributed by atoms with Crippen molar-refractivity contribution in [3.05, 3.63) is 0 Å². The van der Waals surface area contributed by atoms with Crippen LogP contribution in [0.2, 0.25) is 0 Å². The molecule has 0 N–H and O–H groups in total. The van der Waals surface area contributed by atoms with Gasteiger partial charge >= 0.3 is 0 Å². The third kappa shape index (κ3) is 2.79. The number of Topliss-reactive ketones (excluding diaryl/α,β-unsaturated/α-hetero) is 1. The summed E-state index contributed by atoms with van der Waals surface area (Å²) in [5.74, 6) is -0.666. The molecule has 1 aliphatic heterocycles. The smallest absolute Gasteiger partial charge is 0.180 e. The average molecular weight is 197 g/mol. The second-order valence-corrected chi connectivity index (χ2v) is 3.31. The molecule has 0 amide bonds. The van der Waals surface area contributed by atoms with Gasteiger partial charge in [-0.1, -0.05) is 13.3 Å². The van der Waals surface area contributed by atoms with E-state index in [2.05, 4.69) is 0 Å². The van der Waals surface area contributed by atoms with Gasteiger partial charge in [0.15, 0.2) is 5.78 Å². The van der Waals surface area contributed by atoms with Gasteiger partial charge in [0.05, 0.1) is 25.9 Å². The van der Waals surface area contributed by atoms with Crippen LogP contribution in [0.15, 0.2) is 0 Å². The summed E-state index contributed by atoms with van der Waals surface area (Å²) in [4.78, 5) is 11.7. The lowest BCUT2D eigenvalue weighted by Crippen LogP contribution is -2.38. The molecule has 1 rings (SSSR count). The van der Waals surface area contributed by atoms with Gasteiger partial charge < -0.3 is 9.47 Å². The van der Waals surface area contributed by atoms with Gasteiger partial charge in [-0.2, -0.15) is 5.26 Å². The van der Waals surface area contributed by atoms with E-state index < -0.39 is 12.0 Å². The molecule has 1 fully saturated rings. The Kier molecular flexibility index (Phi) is 4.57. The Labute approximate surface area is 83.8 Å². The quantitative estimate of drug-likeness (QED) is 0.672. The zero-order chi connectivity index (χ0) is 10.4. The van der Waals surface area contributed by atoms with Crippen molar-refractivity contribution in [1.29, 1.82) is 5.26 Å². The summed E-state index contributed by atoms with van der Waals surface area (Å²) >= 11 is 0.